The van der Waals surface area contributed by atoms with Crippen LogP contribution in [0, 0.1) is 0 Å². The van der Waals surface area contributed by atoms with Crippen molar-refractivity contribution in [3.8, 4) is 0 Å². The zero-order chi connectivity index (χ0) is 6.69. The smallest absolute Gasteiger partial charge is 0.311 e. The van der Waals surface area contributed by atoms with Gasteiger partial charge in [0.05, 0.1) is 7.11 Å². The number of methoxy groups -OCH3 is 1. The fraction of sp³-hybridized carbons (Fsp3) is 0.667. The Labute approximate surface area is 54.5 Å². The number of hydrogen-bond donors (Lipinski definition) is 0. The van der Waals surface area contributed by atoms with Gasteiger partial charge in [-0.1, -0.05) is 0 Å². The molecular weight excluding hydrogens is 116 g/mol. The maximum Gasteiger partial charge on any atom is 0.311 e. The van der Waals surface area contributed by atoms with E-state index in [-0.39, 0.29) is 0 Å². The van der Waals surface area contributed by atoms with E-state index in [1.807, 2.05) is 6.92 Å². The summed E-state index contributed by atoms with van der Waals surface area (Å²) in [6, 6.07) is 0.513. The SMILES string of the molecule is COC1=NCCC(C)=N1. The molecule has 0 N–H and O–H groups in total. The molecule has 1 aliphatic heterocycles. The molecule has 1 rings (SSSR count). The Kier molecular flexibility index (Phi) is 1.82. The summed E-state index contributed by atoms with van der Waals surface area (Å²) in [5.74, 6) is 0. The molecule has 1 heterocycles. The van der Waals surface area contributed by atoms with E-state index in [0.717, 1.165) is 18.7 Å². The van der Waals surface area contributed by atoms with Crippen LogP contribution in [0.25, 0.3) is 0 Å². The van der Waals surface area contributed by atoms with E-state index >= 15 is 0 Å². The summed E-state index contributed by atoms with van der Waals surface area (Å²) >= 11 is 0. The van der Waals surface area contributed by atoms with Gasteiger partial charge in [0.15, 0.2) is 0 Å². The Balaban J connectivity index is 2.63. The summed E-state index contributed by atoms with van der Waals surface area (Å²) in [6.45, 7) is 2.80. The normalized spacial score (nSPS) is 18.4. The second-order valence-electron chi connectivity index (χ2n) is 1.97. The number of aliphatic imine (C=N–C) groups is 2. The van der Waals surface area contributed by atoms with Crippen LogP contribution in [0.15, 0.2) is 9.98 Å². The molecule has 0 fully saturated rings. The summed E-state index contributed by atoms with van der Waals surface area (Å²) in [7, 11) is 1.58. The molecule has 0 unspecified atom stereocenters. The third-order valence-electron chi connectivity index (χ3n) is 1.19. The van der Waals surface area contributed by atoms with E-state index in [9.17, 15) is 0 Å². The molecule has 0 aromatic heterocycles. The van der Waals surface area contributed by atoms with Crippen LogP contribution in [-0.4, -0.2) is 25.4 Å². The first-order valence-electron chi connectivity index (χ1n) is 2.95. The molecule has 9 heavy (non-hydrogen) atoms. The van der Waals surface area contributed by atoms with Gasteiger partial charge in [-0.2, -0.15) is 0 Å². The lowest BCUT2D eigenvalue weighted by Gasteiger charge is -2.05. The lowest BCUT2D eigenvalue weighted by molar-refractivity contribution is 0.393. The first kappa shape index (κ1) is 6.26. The average Bonchev–Trinajstić information content (AvgIpc) is 1.88. The highest BCUT2D eigenvalue weighted by Crippen LogP contribution is 1.97. The molecule has 3 heteroatoms. The Morgan fingerprint density at radius 1 is 1.56 bits per heavy atom. The molecular formula is C6H10N2O. The van der Waals surface area contributed by atoms with E-state index in [2.05, 4.69) is 9.98 Å². The van der Waals surface area contributed by atoms with Crippen molar-refractivity contribution in [1.82, 2.24) is 0 Å². The Morgan fingerprint density at radius 2 is 2.33 bits per heavy atom. The van der Waals surface area contributed by atoms with Crippen molar-refractivity contribution in [2.45, 2.75) is 13.3 Å². The first-order chi connectivity index (χ1) is 4.33. The molecule has 0 bridgehead atoms. The molecule has 0 saturated heterocycles. The van der Waals surface area contributed by atoms with Gasteiger partial charge in [-0.05, 0) is 6.92 Å². The molecule has 1 aliphatic rings. The lowest BCUT2D eigenvalue weighted by atomic mass is 10.3. The maximum atomic E-state index is 4.82. The minimum absolute atomic E-state index is 0.513. The highest BCUT2D eigenvalue weighted by Gasteiger charge is 2.02. The van der Waals surface area contributed by atoms with Gasteiger partial charge in [0.2, 0.25) is 0 Å². The van der Waals surface area contributed by atoms with Gasteiger partial charge in [0.1, 0.15) is 0 Å². The van der Waals surface area contributed by atoms with E-state index < -0.39 is 0 Å². The summed E-state index contributed by atoms with van der Waals surface area (Å²) in [6.07, 6.45) is 0.965. The maximum absolute atomic E-state index is 4.82. The van der Waals surface area contributed by atoms with Crippen molar-refractivity contribution < 1.29 is 4.74 Å². The second-order valence-corrected chi connectivity index (χ2v) is 1.97. The van der Waals surface area contributed by atoms with E-state index in [1.165, 1.54) is 0 Å². The molecule has 0 atom stereocenters. The van der Waals surface area contributed by atoms with Crippen LogP contribution >= 0.6 is 0 Å². The topological polar surface area (TPSA) is 34.0 Å². The molecule has 0 aromatic carbocycles. The zero-order valence-electron chi connectivity index (χ0n) is 5.72. The first-order valence-corrected chi connectivity index (χ1v) is 2.95. The van der Waals surface area contributed by atoms with Gasteiger partial charge in [-0.15, -0.1) is 0 Å². The van der Waals surface area contributed by atoms with Crippen LogP contribution in [0.1, 0.15) is 13.3 Å². The molecule has 3 nitrogen and oxygen atoms in total. The summed E-state index contributed by atoms with van der Waals surface area (Å²) < 4.78 is 4.82. The van der Waals surface area contributed by atoms with Crippen molar-refractivity contribution in [3.63, 3.8) is 0 Å². The zero-order valence-corrected chi connectivity index (χ0v) is 5.72. The third-order valence-corrected chi connectivity index (χ3v) is 1.19. The summed E-state index contributed by atoms with van der Waals surface area (Å²) in [4.78, 5) is 8.05. The molecule has 0 amide bonds. The number of nitrogens with zero attached hydrogens (tertiary/aromatic N) is 2. The lowest BCUT2D eigenvalue weighted by Crippen LogP contribution is -2.09. The largest absolute Gasteiger partial charge is 0.467 e. The van der Waals surface area contributed by atoms with Gasteiger partial charge in [0, 0.05) is 18.7 Å². The van der Waals surface area contributed by atoms with Crippen LogP contribution in [0.3, 0.4) is 0 Å². The average molecular weight is 126 g/mol. The molecule has 0 radical (unpaired) electrons. The van der Waals surface area contributed by atoms with Crippen LogP contribution in [-0.2, 0) is 4.74 Å². The van der Waals surface area contributed by atoms with Gasteiger partial charge in [-0.3, -0.25) is 0 Å². The highest BCUT2D eigenvalue weighted by atomic mass is 16.5. The van der Waals surface area contributed by atoms with Crippen molar-refractivity contribution in [1.29, 1.82) is 0 Å². The number of ether oxygens (including phenoxy) is 1. The Hall–Kier alpha value is -0.860. The molecule has 0 aromatic rings. The quantitative estimate of drug-likeness (QED) is 0.473. The van der Waals surface area contributed by atoms with Crippen molar-refractivity contribution >= 4 is 11.7 Å². The third kappa shape index (κ3) is 1.52. The predicted octanol–water partition coefficient (Wildman–Crippen LogP) is 0.853. The van der Waals surface area contributed by atoms with E-state index in [0.29, 0.717) is 6.02 Å². The minimum Gasteiger partial charge on any atom is -0.467 e. The van der Waals surface area contributed by atoms with Crippen molar-refractivity contribution in [2.24, 2.45) is 9.98 Å². The van der Waals surface area contributed by atoms with Gasteiger partial charge >= 0.3 is 6.02 Å². The number of hydrogen-bond acceptors (Lipinski definition) is 3. The highest BCUT2D eigenvalue weighted by molar-refractivity contribution is 5.95. The monoisotopic (exact) mass is 126 g/mol. The standard InChI is InChI=1S/C6H10N2O/c1-5-3-4-7-6(8-5)9-2/h3-4H2,1-2H3. The summed E-state index contributed by atoms with van der Waals surface area (Å²) in [5.41, 5.74) is 1.10. The minimum atomic E-state index is 0.513. The fourth-order valence-corrected chi connectivity index (χ4v) is 0.678. The van der Waals surface area contributed by atoms with Gasteiger partial charge < -0.3 is 4.74 Å². The van der Waals surface area contributed by atoms with Crippen molar-refractivity contribution in [3.05, 3.63) is 0 Å². The van der Waals surface area contributed by atoms with Crippen LogP contribution in [0.2, 0.25) is 0 Å². The van der Waals surface area contributed by atoms with E-state index in [1.54, 1.807) is 7.11 Å². The summed E-state index contributed by atoms with van der Waals surface area (Å²) in [5, 5.41) is 0. The molecule has 0 spiro atoms. The fourth-order valence-electron chi connectivity index (χ4n) is 0.678. The van der Waals surface area contributed by atoms with Crippen molar-refractivity contribution in [2.75, 3.05) is 13.7 Å². The van der Waals surface area contributed by atoms with Crippen LogP contribution in [0.4, 0.5) is 0 Å². The van der Waals surface area contributed by atoms with E-state index in [4.69, 9.17) is 4.74 Å². The Morgan fingerprint density at radius 3 is 2.78 bits per heavy atom. The van der Waals surface area contributed by atoms with Crippen LogP contribution < -0.4 is 0 Å². The van der Waals surface area contributed by atoms with Gasteiger partial charge in [-0.25, -0.2) is 9.98 Å². The number of rotatable bonds is 0. The molecule has 0 saturated carbocycles. The molecule has 0 aliphatic carbocycles. The van der Waals surface area contributed by atoms with Gasteiger partial charge in [0.25, 0.3) is 0 Å². The molecule has 50 valence electrons. The second kappa shape index (κ2) is 2.62. The Bertz CT molecular complexity index is 160. The predicted molar refractivity (Wildman–Crippen MR) is 37.0 cm³/mol. The van der Waals surface area contributed by atoms with Crippen LogP contribution in [0.5, 0.6) is 0 Å². The number of amidine groups is 1.